The maximum absolute atomic E-state index is 8.93. The first kappa shape index (κ1) is 17.6. The zero-order valence-electron chi connectivity index (χ0n) is 5.53. The summed E-state index contributed by atoms with van der Waals surface area (Å²) in [5.41, 5.74) is 0. The summed E-state index contributed by atoms with van der Waals surface area (Å²) in [4.78, 5) is 17.9. The van der Waals surface area contributed by atoms with E-state index < -0.39 is 11.9 Å². The first-order valence-electron chi connectivity index (χ1n) is 1.96. The van der Waals surface area contributed by atoms with Gasteiger partial charge in [0.25, 0.3) is 0 Å². The number of hydrogen-bond acceptors (Lipinski definition) is 4. The number of aliphatic carboxylic acids is 2. The molecule has 66 valence electrons. The Balaban J connectivity index is -0.000000115. The molecule has 0 saturated carbocycles. The average molecular weight is 244 g/mol. The maximum atomic E-state index is 8.93. The first-order valence-corrected chi connectivity index (χ1v) is 3.75. The minimum Gasteiger partial charge on any atom is -0.543 e. The molecule has 0 bridgehead atoms. The molecular formula is C2H4N2O4P4. The van der Waals surface area contributed by atoms with Gasteiger partial charge in [-0.3, -0.25) is 0 Å². The van der Waals surface area contributed by atoms with E-state index in [1.165, 1.54) is 0 Å². The molecule has 0 amide bonds. The van der Waals surface area contributed by atoms with Crippen LogP contribution in [0.25, 0.3) is 0 Å². The minimum atomic E-state index is -2.19. The highest BCUT2D eigenvalue weighted by atomic mass is 31.0. The fourth-order valence-electron chi connectivity index (χ4n) is 0. The van der Waals surface area contributed by atoms with Crippen molar-refractivity contribution in [3.63, 3.8) is 0 Å². The second kappa shape index (κ2) is 16.9. The third-order valence-corrected chi connectivity index (χ3v) is 0.167. The Hall–Kier alpha value is -0.440. The van der Waals surface area contributed by atoms with Crippen molar-refractivity contribution in [2.45, 2.75) is 0 Å². The van der Waals surface area contributed by atoms with Gasteiger partial charge in [-0.25, -0.2) is 0 Å². The molecule has 0 N–H and O–H groups in total. The highest BCUT2D eigenvalue weighted by Gasteiger charge is 1.74. The molecular weight excluding hydrogens is 240 g/mol. The zero-order valence-corrected chi connectivity index (χ0v) is 9.53. The number of carboxylic acid groups (broad SMARTS) is 2. The molecule has 0 saturated heterocycles. The first-order chi connectivity index (χ1) is 5.47. The quantitative estimate of drug-likeness (QED) is 0.276. The summed E-state index contributed by atoms with van der Waals surface area (Å²) in [5.74, 6) is -4.37. The van der Waals surface area contributed by atoms with Crippen LogP contribution in [0.4, 0.5) is 0 Å². The topological polar surface area (TPSA) is 108 Å². The van der Waals surface area contributed by atoms with Crippen LogP contribution in [-0.2, 0) is 9.59 Å². The molecule has 0 aromatic heterocycles. The van der Waals surface area contributed by atoms with Crippen molar-refractivity contribution in [2.24, 2.45) is 0 Å². The Kier molecular flexibility index (Phi) is 24.8. The smallest absolute Gasteiger partial charge is 0.346 e. The molecule has 0 aromatic carbocycles. The van der Waals surface area contributed by atoms with Crippen LogP contribution in [-0.4, -0.2) is 11.9 Å². The molecule has 12 heavy (non-hydrogen) atoms. The van der Waals surface area contributed by atoms with Crippen LogP contribution >= 0.6 is 36.1 Å². The van der Waals surface area contributed by atoms with E-state index in [0.717, 1.165) is 0 Å². The Morgan fingerprint density at radius 2 is 0.917 bits per heavy atom. The molecule has 6 nitrogen and oxygen atoms in total. The second-order valence-electron chi connectivity index (χ2n) is 0.799. The fourth-order valence-corrected chi connectivity index (χ4v) is 0. The Labute approximate surface area is 76.9 Å². The van der Waals surface area contributed by atoms with Gasteiger partial charge in [0.05, 0.1) is 11.9 Å². The van der Waals surface area contributed by atoms with Gasteiger partial charge in [-0.15, -0.1) is 0 Å². The summed E-state index contributed by atoms with van der Waals surface area (Å²) in [7, 11) is 10.9. The molecule has 0 aliphatic heterocycles. The summed E-state index contributed by atoms with van der Waals surface area (Å²) in [5, 5.41) is 17.9. The van der Waals surface area contributed by atoms with E-state index in [-0.39, 0.29) is 0 Å². The van der Waals surface area contributed by atoms with Gasteiger partial charge in [-0.05, 0) is 0 Å². The van der Waals surface area contributed by atoms with Crippen molar-refractivity contribution < 1.29 is 19.8 Å². The molecule has 0 aliphatic carbocycles. The van der Waals surface area contributed by atoms with Crippen molar-refractivity contribution in [3.8, 4) is 0 Å². The van der Waals surface area contributed by atoms with Crippen molar-refractivity contribution in [2.75, 3.05) is 0 Å². The number of nitrogens with zero attached hydrogens (tertiary/aromatic N) is 2. The summed E-state index contributed by atoms with van der Waals surface area (Å²) in [6, 6.07) is 0. The molecule has 0 unspecified atom stereocenters. The van der Waals surface area contributed by atoms with Gasteiger partial charge in [0.2, 0.25) is 0 Å². The van der Waals surface area contributed by atoms with E-state index in [2.05, 4.69) is 44.5 Å². The highest BCUT2D eigenvalue weighted by molar-refractivity contribution is 7.12. The van der Waals surface area contributed by atoms with Crippen LogP contribution in [0.3, 0.4) is 0 Å². The summed E-state index contributed by atoms with van der Waals surface area (Å²) in [6.07, 6.45) is 0. The lowest BCUT2D eigenvalue weighted by molar-refractivity contribution is -0.345. The lowest BCUT2D eigenvalue weighted by Gasteiger charge is -1.97. The summed E-state index contributed by atoms with van der Waals surface area (Å²) >= 11 is 0. The van der Waals surface area contributed by atoms with Gasteiger partial charge < -0.3 is 19.8 Å². The maximum Gasteiger partial charge on any atom is 0.346 e. The SMILES string of the molecule is O=C([O-])C(=O)[O-].P=[N+]=P.P=[N+]=P. The molecule has 0 heterocycles. The molecule has 0 aliphatic rings. The van der Waals surface area contributed by atoms with Crippen LogP contribution in [0.15, 0.2) is 0 Å². The van der Waals surface area contributed by atoms with E-state index in [4.69, 9.17) is 19.8 Å². The van der Waals surface area contributed by atoms with Crippen LogP contribution in [0.1, 0.15) is 0 Å². The Morgan fingerprint density at radius 1 is 0.833 bits per heavy atom. The van der Waals surface area contributed by atoms with E-state index >= 15 is 0 Å². The predicted molar refractivity (Wildman–Crippen MR) is 47.5 cm³/mol. The third kappa shape index (κ3) is 55.3. The number of carbonyl (C=O) groups is 2. The summed E-state index contributed by atoms with van der Waals surface area (Å²) in [6.45, 7) is 0. The van der Waals surface area contributed by atoms with Crippen LogP contribution in [0.5, 0.6) is 0 Å². The number of carboxylic acids is 2. The molecule has 0 atom stereocenters. The molecule has 10 heteroatoms. The Bertz CT molecular complexity index is 191. The van der Waals surface area contributed by atoms with Crippen LogP contribution in [0, 0.1) is 0 Å². The van der Waals surface area contributed by atoms with Gasteiger partial charge >= 0.3 is 36.1 Å². The van der Waals surface area contributed by atoms with Crippen LogP contribution in [0.2, 0.25) is 0 Å². The zero-order chi connectivity index (χ0) is 10.6. The van der Waals surface area contributed by atoms with E-state index in [9.17, 15) is 0 Å². The standard InChI is InChI=1S/C2H2O4.2H2NP2/c3-1(4)2(5)6;2*2-1-3/h(H,3,4)(H,5,6);2*2-3H/q;2*+1/p-2. The number of hydrogen-bond donors (Lipinski definition) is 0. The molecule has 0 rings (SSSR count). The predicted octanol–water partition coefficient (Wildman–Crippen LogP) is -2.10. The van der Waals surface area contributed by atoms with Crippen molar-refractivity contribution in [1.29, 1.82) is 0 Å². The summed E-state index contributed by atoms with van der Waals surface area (Å²) < 4.78 is 6.22. The van der Waals surface area contributed by atoms with Crippen molar-refractivity contribution in [3.05, 3.63) is 0 Å². The van der Waals surface area contributed by atoms with Gasteiger partial charge in [0.1, 0.15) is 0 Å². The monoisotopic (exact) mass is 244 g/mol. The number of rotatable bonds is 0. The van der Waals surface area contributed by atoms with Crippen molar-refractivity contribution >= 4 is 48.1 Å². The average Bonchev–Trinajstić information content (AvgIpc) is 1.90. The van der Waals surface area contributed by atoms with Crippen LogP contribution < -0.4 is 18.6 Å². The normalized spacial score (nSPS) is 5.00. The van der Waals surface area contributed by atoms with E-state index in [1.54, 1.807) is 0 Å². The van der Waals surface area contributed by atoms with E-state index in [1.807, 2.05) is 0 Å². The van der Waals surface area contributed by atoms with Crippen molar-refractivity contribution in [1.82, 2.24) is 8.35 Å². The second-order valence-corrected chi connectivity index (χ2v) is 2.59. The molecule has 0 radical (unpaired) electrons. The van der Waals surface area contributed by atoms with Gasteiger partial charge in [0.15, 0.2) is 0 Å². The Morgan fingerprint density at radius 3 is 0.917 bits per heavy atom. The van der Waals surface area contributed by atoms with Gasteiger partial charge in [-0.2, -0.15) is 0 Å². The minimum absolute atomic E-state index is 2.19. The fraction of sp³-hybridized carbons (Fsp3) is 0. The van der Waals surface area contributed by atoms with Gasteiger partial charge in [0, 0.05) is 0 Å². The number of carbonyl (C=O) groups excluding carboxylic acids is 2. The molecule has 0 fully saturated rings. The third-order valence-electron chi connectivity index (χ3n) is 0.167. The lowest BCUT2D eigenvalue weighted by atomic mass is 10.7. The lowest BCUT2D eigenvalue weighted by Crippen LogP contribution is -2.42. The largest absolute Gasteiger partial charge is 0.543 e. The molecule has 0 spiro atoms. The van der Waals surface area contributed by atoms with E-state index in [0.29, 0.717) is 0 Å². The highest BCUT2D eigenvalue weighted by Crippen LogP contribution is 1.41. The molecule has 0 aromatic rings. The van der Waals surface area contributed by atoms with Gasteiger partial charge in [-0.1, -0.05) is 8.35 Å².